The van der Waals surface area contributed by atoms with E-state index in [1.165, 1.54) is 11.9 Å². The number of nitrogens with zero attached hydrogens (tertiary/aromatic N) is 4. The van der Waals surface area contributed by atoms with Gasteiger partial charge in [-0.1, -0.05) is 30.3 Å². The molecular weight excluding hydrogens is 278 g/mol. The van der Waals surface area contributed by atoms with Gasteiger partial charge in [0.25, 0.3) is 0 Å². The van der Waals surface area contributed by atoms with Gasteiger partial charge in [0.1, 0.15) is 11.8 Å². The largest absolute Gasteiger partial charge is 0.395 e. The van der Waals surface area contributed by atoms with Gasteiger partial charge in [-0.15, -0.1) is 0 Å². The highest BCUT2D eigenvalue weighted by molar-refractivity contribution is 5.81. The van der Waals surface area contributed by atoms with E-state index in [0.717, 1.165) is 18.6 Å². The topological polar surface area (TPSA) is 89.9 Å². The summed E-state index contributed by atoms with van der Waals surface area (Å²) in [5.41, 5.74) is 8.26. The third-order valence-electron chi connectivity index (χ3n) is 4.71. The second-order valence-electron chi connectivity index (χ2n) is 5.91. The average molecular weight is 295 g/mol. The molecule has 1 saturated carbocycles. The molecule has 0 aliphatic heterocycles. The van der Waals surface area contributed by atoms with E-state index in [2.05, 4.69) is 27.1 Å². The van der Waals surface area contributed by atoms with Gasteiger partial charge in [0.2, 0.25) is 0 Å². The number of hydrogen-bond acceptors (Lipinski definition) is 5. The van der Waals surface area contributed by atoms with Crippen molar-refractivity contribution in [2.75, 3.05) is 12.3 Å². The molecule has 0 radical (unpaired) electrons. The smallest absolute Gasteiger partial charge is 0.165 e. The molecule has 1 fully saturated rings. The molecule has 0 spiro atoms. The van der Waals surface area contributed by atoms with Gasteiger partial charge in [0.15, 0.2) is 11.5 Å². The molecule has 3 N–H and O–H groups in total. The van der Waals surface area contributed by atoms with E-state index < -0.39 is 0 Å². The number of aliphatic hydroxyl groups is 1. The maximum absolute atomic E-state index is 9.90. The normalized spacial score (nSPS) is 23.8. The summed E-state index contributed by atoms with van der Waals surface area (Å²) in [6.07, 6.45) is 4.17. The van der Waals surface area contributed by atoms with Crippen LogP contribution in [0.1, 0.15) is 12.0 Å². The fourth-order valence-corrected chi connectivity index (χ4v) is 3.30. The monoisotopic (exact) mass is 295 g/mol. The number of imidazole rings is 1. The number of anilines is 1. The van der Waals surface area contributed by atoms with Crippen molar-refractivity contribution in [3.63, 3.8) is 0 Å². The summed E-state index contributed by atoms with van der Waals surface area (Å²) in [5, 5.41) is 9.90. The third-order valence-corrected chi connectivity index (χ3v) is 4.71. The van der Waals surface area contributed by atoms with Gasteiger partial charge in [0.05, 0.1) is 12.9 Å². The Labute approximate surface area is 127 Å². The summed E-state index contributed by atoms with van der Waals surface area (Å²) in [7, 11) is 0. The third kappa shape index (κ3) is 1.88. The molecular formula is C16H17N5O. The fourth-order valence-electron chi connectivity index (χ4n) is 3.30. The van der Waals surface area contributed by atoms with Crippen molar-refractivity contribution in [3.05, 3.63) is 48.5 Å². The molecule has 0 unspecified atom stereocenters. The van der Waals surface area contributed by atoms with Crippen LogP contribution in [0, 0.1) is 5.92 Å². The molecule has 22 heavy (non-hydrogen) atoms. The second kappa shape index (κ2) is 4.78. The molecule has 1 aliphatic carbocycles. The van der Waals surface area contributed by atoms with Gasteiger partial charge in [-0.05, 0) is 17.9 Å². The van der Waals surface area contributed by atoms with Crippen LogP contribution in [0.15, 0.2) is 43.0 Å². The summed E-state index contributed by atoms with van der Waals surface area (Å²) < 4.78 is 2.00. The van der Waals surface area contributed by atoms with Crippen LogP contribution in [0.3, 0.4) is 0 Å². The molecule has 112 valence electrons. The lowest BCUT2D eigenvalue weighted by atomic mass is 9.94. The summed E-state index contributed by atoms with van der Waals surface area (Å²) in [5.74, 6) is 0.768. The van der Waals surface area contributed by atoms with E-state index >= 15 is 0 Å². The van der Waals surface area contributed by atoms with Gasteiger partial charge >= 0.3 is 0 Å². The Morgan fingerprint density at radius 2 is 2.05 bits per heavy atom. The van der Waals surface area contributed by atoms with Crippen molar-refractivity contribution in [3.8, 4) is 0 Å². The van der Waals surface area contributed by atoms with Crippen molar-refractivity contribution in [1.82, 2.24) is 19.5 Å². The first-order chi connectivity index (χ1) is 10.7. The zero-order valence-corrected chi connectivity index (χ0v) is 12.1. The van der Waals surface area contributed by atoms with Gasteiger partial charge in [-0.2, -0.15) is 0 Å². The van der Waals surface area contributed by atoms with E-state index in [-0.39, 0.29) is 12.0 Å². The Balaban J connectivity index is 1.63. The number of benzene rings is 1. The lowest BCUT2D eigenvalue weighted by Gasteiger charge is -2.15. The van der Waals surface area contributed by atoms with Crippen LogP contribution in [0.25, 0.3) is 11.2 Å². The van der Waals surface area contributed by atoms with Gasteiger partial charge < -0.3 is 15.4 Å². The SMILES string of the molecule is Nc1ncnc2c1ncn2C[C@H]1C[C@@]1(CO)c1ccccc1. The number of hydrogen-bond donors (Lipinski definition) is 2. The number of nitrogens with two attached hydrogens (primary N) is 1. The van der Waals surface area contributed by atoms with Crippen LogP contribution in [0.5, 0.6) is 0 Å². The van der Waals surface area contributed by atoms with Crippen LogP contribution in [-0.2, 0) is 12.0 Å². The maximum Gasteiger partial charge on any atom is 0.165 e. The number of aliphatic hydroxyl groups excluding tert-OH is 1. The van der Waals surface area contributed by atoms with Crippen molar-refractivity contribution in [1.29, 1.82) is 0 Å². The van der Waals surface area contributed by atoms with E-state index in [1.807, 2.05) is 22.8 Å². The van der Waals surface area contributed by atoms with Crippen molar-refractivity contribution >= 4 is 17.0 Å². The minimum atomic E-state index is -0.142. The first-order valence-electron chi connectivity index (χ1n) is 7.32. The number of nitrogen functional groups attached to an aromatic ring is 1. The molecule has 2 atom stereocenters. The van der Waals surface area contributed by atoms with Crippen LogP contribution in [0.2, 0.25) is 0 Å². The van der Waals surface area contributed by atoms with E-state index in [0.29, 0.717) is 17.3 Å². The molecule has 6 heteroatoms. The summed E-state index contributed by atoms with van der Waals surface area (Å²) in [4.78, 5) is 12.5. The Bertz CT molecular complexity index is 816. The van der Waals surface area contributed by atoms with E-state index in [9.17, 15) is 5.11 Å². The highest BCUT2D eigenvalue weighted by Gasteiger charge is 2.54. The van der Waals surface area contributed by atoms with Gasteiger partial charge in [-0.25, -0.2) is 15.0 Å². The standard InChI is InChI=1S/C16H17N5O/c17-14-13-15(19-9-18-14)21(10-20-13)7-12-6-16(12,8-22)11-4-2-1-3-5-11/h1-5,9-10,12,22H,6-8H2,(H2,17,18,19)/t12-,16-/m1/s1. The fraction of sp³-hybridized carbons (Fsp3) is 0.312. The molecule has 0 amide bonds. The minimum absolute atomic E-state index is 0.142. The maximum atomic E-state index is 9.90. The van der Waals surface area contributed by atoms with Crippen molar-refractivity contribution in [2.45, 2.75) is 18.4 Å². The van der Waals surface area contributed by atoms with Crippen LogP contribution in [0.4, 0.5) is 5.82 Å². The van der Waals surface area contributed by atoms with E-state index in [4.69, 9.17) is 5.73 Å². The number of rotatable bonds is 4. The molecule has 0 bridgehead atoms. The lowest BCUT2D eigenvalue weighted by molar-refractivity contribution is 0.242. The van der Waals surface area contributed by atoms with Crippen LogP contribution < -0.4 is 5.73 Å². The lowest BCUT2D eigenvalue weighted by Crippen LogP contribution is -2.17. The molecule has 0 saturated heterocycles. The van der Waals surface area contributed by atoms with Crippen LogP contribution >= 0.6 is 0 Å². The zero-order valence-electron chi connectivity index (χ0n) is 12.1. The molecule has 2 heterocycles. The Morgan fingerprint density at radius 3 is 2.82 bits per heavy atom. The molecule has 4 rings (SSSR count). The summed E-state index contributed by atoms with van der Waals surface area (Å²) in [6.45, 7) is 0.924. The number of aromatic nitrogens is 4. The highest BCUT2D eigenvalue weighted by atomic mass is 16.3. The van der Waals surface area contributed by atoms with Crippen molar-refractivity contribution in [2.24, 2.45) is 5.92 Å². The predicted molar refractivity (Wildman–Crippen MR) is 83.0 cm³/mol. The Morgan fingerprint density at radius 1 is 1.23 bits per heavy atom. The quantitative estimate of drug-likeness (QED) is 0.758. The Hall–Kier alpha value is -2.47. The average Bonchev–Trinajstić information content (AvgIpc) is 3.12. The van der Waals surface area contributed by atoms with Gasteiger partial charge in [0, 0.05) is 12.0 Å². The van der Waals surface area contributed by atoms with Crippen LogP contribution in [-0.4, -0.2) is 31.2 Å². The van der Waals surface area contributed by atoms with Crippen molar-refractivity contribution < 1.29 is 5.11 Å². The first-order valence-corrected chi connectivity index (χ1v) is 7.32. The predicted octanol–water partition coefficient (Wildman–Crippen LogP) is 1.36. The summed E-state index contributed by atoms with van der Waals surface area (Å²) >= 11 is 0. The first kappa shape index (κ1) is 13.2. The second-order valence-corrected chi connectivity index (χ2v) is 5.91. The summed E-state index contributed by atoms with van der Waals surface area (Å²) in [6, 6.07) is 10.2. The molecule has 3 aromatic rings. The number of fused-ring (bicyclic) bond motifs is 1. The van der Waals surface area contributed by atoms with E-state index in [1.54, 1.807) is 6.33 Å². The molecule has 1 aromatic carbocycles. The molecule has 1 aliphatic rings. The highest BCUT2D eigenvalue weighted by Crippen LogP contribution is 2.54. The zero-order chi connectivity index (χ0) is 15.2. The minimum Gasteiger partial charge on any atom is -0.395 e. The molecule has 6 nitrogen and oxygen atoms in total. The molecule has 2 aromatic heterocycles. The Kier molecular flexibility index (Phi) is 2.87. The van der Waals surface area contributed by atoms with Gasteiger partial charge in [-0.3, -0.25) is 0 Å².